The van der Waals surface area contributed by atoms with Crippen molar-refractivity contribution in [2.75, 3.05) is 24.7 Å². The monoisotopic (exact) mass is 538 g/mol. The summed E-state index contributed by atoms with van der Waals surface area (Å²) in [5.74, 6) is -5.55. The van der Waals surface area contributed by atoms with Crippen LogP contribution in [0.3, 0.4) is 0 Å². The van der Waals surface area contributed by atoms with Crippen molar-refractivity contribution in [3.05, 3.63) is 72.1 Å². The van der Waals surface area contributed by atoms with E-state index in [0.717, 1.165) is 11.1 Å². The van der Waals surface area contributed by atoms with Crippen LogP contribution in [0.5, 0.6) is 5.75 Å². The number of alkyl halides is 2. The van der Waals surface area contributed by atoms with E-state index in [1.807, 2.05) is 13.0 Å². The second kappa shape index (κ2) is 10.5. The fourth-order valence-corrected chi connectivity index (χ4v) is 4.19. The predicted octanol–water partition coefficient (Wildman–Crippen LogP) is 5.87. The van der Waals surface area contributed by atoms with Crippen molar-refractivity contribution in [3.8, 4) is 28.0 Å². The highest BCUT2D eigenvalue weighted by Gasteiger charge is 2.24. The first-order valence-corrected chi connectivity index (χ1v) is 11.7. The van der Waals surface area contributed by atoms with Gasteiger partial charge in [0.25, 0.3) is 17.7 Å². The fraction of sp³-hybridized carbons (Fsp3) is 0.179. The van der Waals surface area contributed by atoms with Crippen molar-refractivity contribution >= 4 is 34.3 Å². The van der Waals surface area contributed by atoms with Crippen LogP contribution in [-0.2, 0) is 4.79 Å². The number of methoxy groups -OCH3 is 1. The van der Waals surface area contributed by atoms with Crippen LogP contribution < -0.4 is 21.1 Å². The number of hydrogen-bond donors (Lipinski definition) is 3. The minimum absolute atomic E-state index is 0.0724. The third-order valence-electron chi connectivity index (χ3n) is 5.98. The largest absolute Gasteiger partial charge is 0.496 e. The number of hydrogen-bond acceptors (Lipinski definition) is 6. The van der Waals surface area contributed by atoms with Gasteiger partial charge in [0.15, 0.2) is 17.2 Å². The number of amides is 2. The SMILES string of the molecule is C=C(F)C(=O)Nc1ccc(-c2ccc3onc(N)c3c2-c2ccc(C(=O)NCC(C)(F)F)c(OC)c2)c(C)c1. The van der Waals surface area contributed by atoms with Crippen molar-refractivity contribution in [1.82, 2.24) is 10.5 Å². The van der Waals surface area contributed by atoms with Gasteiger partial charge in [-0.2, -0.15) is 0 Å². The Morgan fingerprint density at radius 2 is 1.85 bits per heavy atom. The summed E-state index contributed by atoms with van der Waals surface area (Å²) in [5, 5.41) is 9.04. The Hall–Kier alpha value is -4.80. The Morgan fingerprint density at radius 3 is 2.49 bits per heavy atom. The van der Waals surface area contributed by atoms with E-state index >= 15 is 0 Å². The lowest BCUT2D eigenvalue weighted by molar-refractivity contribution is -0.114. The number of halogens is 3. The number of nitrogens with two attached hydrogens (primary N) is 1. The molecule has 0 saturated carbocycles. The van der Waals surface area contributed by atoms with Crippen LogP contribution >= 0.6 is 0 Å². The molecule has 0 unspecified atom stereocenters. The molecular formula is C28H25F3N4O4. The molecule has 0 spiro atoms. The van der Waals surface area contributed by atoms with E-state index in [1.165, 1.54) is 13.2 Å². The molecule has 2 amide bonds. The van der Waals surface area contributed by atoms with Gasteiger partial charge >= 0.3 is 0 Å². The zero-order valence-electron chi connectivity index (χ0n) is 21.3. The third-order valence-corrected chi connectivity index (χ3v) is 5.98. The number of nitrogens with one attached hydrogen (secondary N) is 2. The summed E-state index contributed by atoms with van der Waals surface area (Å²) in [6.07, 6.45) is 0. The summed E-state index contributed by atoms with van der Waals surface area (Å²) in [4.78, 5) is 24.3. The number of nitrogen functional groups attached to an aromatic ring is 1. The quantitative estimate of drug-likeness (QED) is 0.242. The summed E-state index contributed by atoms with van der Waals surface area (Å²) in [6.45, 7) is 4.69. The second-order valence-electron chi connectivity index (χ2n) is 8.99. The van der Waals surface area contributed by atoms with E-state index < -0.39 is 30.1 Å². The number of carbonyl (C=O) groups excluding carboxylic acids is 2. The lowest BCUT2D eigenvalue weighted by Crippen LogP contribution is -2.34. The van der Waals surface area contributed by atoms with Gasteiger partial charge in [0.2, 0.25) is 0 Å². The fourth-order valence-electron chi connectivity index (χ4n) is 4.19. The van der Waals surface area contributed by atoms with E-state index in [2.05, 4.69) is 22.4 Å². The van der Waals surface area contributed by atoms with Crippen molar-refractivity contribution < 1.29 is 32.0 Å². The first-order valence-electron chi connectivity index (χ1n) is 11.7. The zero-order chi connectivity index (χ0) is 28.5. The van der Waals surface area contributed by atoms with E-state index in [4.69, 9.17) is 15.0 Å². The van der Waals surface area contributed by atoms with Gasteiger partial charge in [0, 0.05) is 18.2 Å². The highest BCUT2D eigenvalue weighted by atomic mass is 19.3. The van der Waals surface area contributed by atoms with E-state index in [-0.39, 0.29) is 17.1 Å². The third kappa shape index (κ3) is 5.71. The first-order chi connectivity index (χ1) is 18.4. The smallest absolute Gasteiger partial charge is 0.283 e. The molecule has 0 atom stereocenters. The number of rotatable bonds is 8. The molecule has 0 radical (unpaired) electrons. The number of carbonyl (C=O) groups is 2. The standard InChI is InChI=1S/C28H25F3N4O4/c1-14-11-17(34-26(36)15(2)29)6-8-18(14)19-9-10-21-24(25(32)35-39-21)23(19)16-5-7-20(22(12-16)38-4)27(37)33-13-28(3,30)31/h5-12H,2,13H2,1,3-4H3,(H2,32,35)(H,33,37)(H,34,36). The normalized spacial score (nSPS) is 11.3. The summed E-state index contributed by atoms with van der Waals surface area (Å²) >= 11 is 0. The van der Waals surface area contributed by atoms with Gasteiger partial charge in [-0.05, 0) is 65.6 Å². The van der Waals surface area contributed by atoms with Crippen LogP contribution in [0.2, 0.25) is 0 Å². The van der Waals surface area contributed by atoms with Crippen LogP contribution in [0.15, 0.2) is 65.5 Å². The molecule has 202 valence electrons. The van der Waals surface area contributed by atoms with Crippen LogP contribution in [0.4, 0.5) is 24.7 Å². The Morgan fingerprint density at radius 1 is 1.13 bits per heavy atom. The van der Waals surface area contributed by atoms with Gasteiger partial charge in [-0.15, -0.1) is 0 Å². The molecule has 0 aliphatic carbocycles. The number of ether oxygens (including phenoxy) is 1. The molecule has 1 aromatic heterocycles. The number of anilines is 2. The Bertz CT molecular complexity index is 1610. The molecule has 1 heterocycles. The Kier molecular flexibility index (Phi) is 7.35. The molecule has 4 aromatic rings. The molecule has 11 heteroatoms. The van der Waals surface area contributed by atoms with Crippen LogP contribution in [0.25, 0.3) is 33.2 Å². The van der Waals surface area contributed by atoms with E-state index in [0.29, 0.717) is 40.3 Å². The van der Waals surface area contributed by atoms with Crippen molar-refractivity contribution in [3.63, 3.8) is 0 Å². The number of benzene rings is 3. The topological polar surface area (TPSA) is 119 Å². The second-order valence-corrected chi connectivity index (χ2v) is 8.99. The molecule has 0 aliphatic rings. The van der Waals surface area contributed by atoms with Crippen LogP contribution in [0.1, 0.15) is 22.8 Å². The number of nitrogens with zero attached hydrogens (tertiary/aromatic N) is 1. The summed E-state index contributed by atoms with van der Waals surface area (Å²) in [5.41, 5.74) is 10.5. The van der Waals surface area contributed by atoms with Gasteiger partial charge in [-0.25, -0.2) is 13.2 Å². The lowest BCUT2D eigenvalue weighted by atomic mass is 9.89. The van der Waals surface area contributed by atoms with Crippen LogP contribution in [0, 0.1) is 6.92 Å². The van der Waals surface area contributed by atoms with Crippen molar-refractivity contribution in [1.29, 1.82) is 0 Å². The molecule has 3 aromatic carbocycles. The molecule has 0 aliphatic heterocycles. The maximum Gasteiger partial charge on any atom is 0.283 e. The molecule has 8 nitrogen and oxygen atoms in total. The molecule has 39 heavy (non-hydrogen) atoms. The Labute approximate surface area is 221 Å². The number of aromatic nitrogens is 1. The van der Waals surface area contributed by atoms with Gasteiger partial charge in [0.1, 0.15) is 5.75 Å². The highest BCUT2D eigenvalue weighted by molar-refractivity contribution is 6.08. The first kappa shape index (κ1) is 27.2. The highest BCUT2D eigenvalue weighted by Crippen LogP contribution is 2.43. The average molecular weight is 539 g/mol. The van der Waals surface area contributed by atoms with Crippen molar-refractivity contribution in [2.24, 2.45) is 0 Å². The molecule has 4 N–H and O–H groups in total. The van der Waals surface area contributed by atoms with Gasteiger partial charge in [-0.3, -0.25) is 9.59 Å². The average Bonchev–Trinajstić information content (AvgIpc) is 3.26. The van der Waals surface area contributed by atoms with E-state index in [9.17, 15) is 22.8 Å². The minimum Gasteiger partial charge on any atom is -0.496 e. The van der Waals surface area contributed by atoms with Crippen molar-refractivity contribution in [2.45, 2.75) is 19.8 Å². The van der Waals surface area contributed by atoms with Crippen LogP contribution in [-0.4, -0.2) is 36.5 Å². The van der Waals surface area contributed by atoms with Gasteiger partial charge in [-0.1, -0.05) is 23.9 Å². The summed E-state index contributed by atoms with van der Waals surface area (Å²) in [6, 6.07) is 13.3. The molecule has 0 fully saturated rings. The minimum atomic E-state index is -3.07. The molecule has 0 bridgehead atoms. The van der Waals surface area contributed by atoms with Gasteiger partial charge < -0.3 is 25.6 Å². The Balaban J connectivity index is 1.84. The lowest BCUT2D eigenvalue weighted by Gasteiger charge is -2.17. The number of aryl methyl sites for hydroxylation is 1. The molecule has 4 rings (SSSR count). The summed E-state index contributed by atoms with van der Waals surface area (Å²) < 4.78 is 50.5. The predicted molar refractivity (Wildman–Crippen MR) is 142 cm³/mol. The molecular weight excluding hydrogens is 513 g/mol. The summed E-state index contributed by atoms with van der Waals surface area (Å²) in [7, 11) is 1.36. The number of fused-ring (bicyclic) bond motifs is 1. The molecule has 0 saturated heterocycles. The zero-order valence-corrected chi connectivity index (χ0v) is 21.3. The van der Waals surface area contributed by atoms with Gasteiger partial charge in [0.05, 0.1) is 24.6 Å². The maximum absolute atomic E-state index is 13.3. The van der Waals surface area contributed by atoms with E-state index in [1.54, 1.807) is 36.4 Å². The maximum atomic E-state index is 13.3.